The molecule has 1 aliphatic heterocycles. The smallest absolute Gasteiger partial charge is 0.222 e. The first-order valence-corrected chi connectivity index (χ1v) is 7.98. The standard InChI is InChI=1S/C17H33NO2/c1-16(2,3)10-7-15(19)18-11-8-14(9-12-18)13-20-17(4,5)6/h14H,7-13H2,1-6H3. The van der Waals surface area contributed by atoms with Gasteiger partial charge in [0.15, 0.2) is 0 Å². The van der Waals surface area contributed by atoms with Gasteiger partial charge in [-0.2, -0.15) is 0 Å². The quantitative estimate of drug-likeness (QED) is 0.784. The topological polar surface area (TPSA) is 29.5 Å². The number of rotatable bonds is 4. The summed E-state index contributed by atoms with van der Waals surface area (Å²) in [6.45, 7) is 15.5. The predicted octanol–water partition coefficient (Wildman–Crippen LogP) is 3.87. The van der Waals surface area contributed by atoms with Crippen molar-refractivity contribution in [3.05, 3.63) is 0 Å². The van der Waals surface area contributed by atoms with Crippen molar-refractivity contribution in [2.75, 3.05) is 19.7 Å². The van der Waals surface area contributed by atoms with Crippen LogP contribution in [-0.4, -0.2) is 36.1 Å². The van der Waals surface area contributed by atoms with Gasteiger partial charge in [0, 0.05) is 19.5 Å². The summed E-state index contributed by atoms with van der Waals surface area (Å²) in [6.07, 6.45) is 3.82. The van der Waals surface area contributed by atoms with Crippen molar-refractivity contribution in [2.24, 2.45) is 11.3 Å². The van der Waals surface area contributed by atoms with Crippen LogP contribution in [-0.2, 0) is 9.53 Å². The zero-order chi connectivity index (χ0) is 15.4. The number of carbonyl (C=O) groups excluding carboxylic acids is 1. The zero-order valence-corrected chi connectivity index (χ0v) is 14.3. The lowest BCUT2D eigenvalue weighted by atomic mass is 9.90. The summed E-state index contributed by atoms with van der Waals surface area (Å²) in [5.74, 6) is 0.941. The van der Waals surface area contributed by atoms with E-state index in [4.69, 9.17) is 4.74 Å². The van der Waals surface area contributed by atoms with E-state index in [1.807, 2.05) is 4.90 Å². The average Bonchev–Trinajstić information content (AvgIpc) is 2.32. The second-order valence-corrected chi connectivity index (χ2v) is 8.31. The Hall–Kier alpha value is -0.570. The second kappa shape index (κ2) is 6.93. The molecule has 1 heterocycles. The number of amides is 1. The van der Waals surface area contributed by atoms with E-state index in [0.717, 1.165) is 39.0 Å². The van der Waals surface area contributed by atoms with Crippen LogP contribution in [0.2, 0.25) is 0 Å². The Morgan fingerprint density at radius 2 is 1.65 bits per heavy atom. The lowest BCUT2D eigenvalue weighted by molar-refractivity contribution is -0.133. The summed E-state index contributed by atoms with van der Waals surface area (Å²) >= 11 is 0. The Morgan fingerprint density at radius 3 is 2.10 bits per heavy atom. The number of hydrogen-bond acceptors (Lipinski definition) is 2. The lowest BCUT2D eigenvalue weighted by Gasteiger charge is -2.34. The van der Waals surface area contributed by atoms with Gasteiger partial charge in [-0.15, -0.1) is 0 Å². The molecule has 0 radical (unpaired) electrons. The molecule has 20 heavy (non-hydrogen) atoms. The normalized spacial score (nSPS) is 18.4. The highest BCUT2D eigenvalue weighted by Gasteiger charge is 2.25. The number of carbonyl (C=O) groups is 1. The minimum Gasteiger partial charge on any atom is -0.376 e. The third kappa shape index (κ3) is 7.28. The summed E-state index contributed by atoms with van der Waals surface area (Å²) in [7, 11) is 0. The van der Waals surface area contributed by atoms with E-state index in [1.165, 1.54) is 0 Å². The molecule has 0 atom stereocenters. The molecule has 0 saturated carbocycles. The molecular formula is C17H33NO2. The van der Waals surface area contributed by atoms with Crippen molar-refractivity contribution >= 4 is 5.91 Å². The highest BCUT2D eigenvalue weighted by atomic mass is 16.5. The maximum atomic E-state index is 12.2. The summed E-state index contributed by atoms with van der Waals surface area (Å²) in [5.41, 5.74) is 0.189. The fraction of sp³-hybridized carbons (Fsp3) is 0.941. The maximum Gasteiger partial charge on any atom is 0.222 e. The van der Waals surface area contributed by atoms with E-state index < -0.39 is 0 Å². The zero-order valence-electron chi connectivity index (χ0n) is 14.3. The molecule has 1 aliphatic rings. The van der Waals surface area contributed by atoms with Crippen LogP contribution in [0.5, 0.6) is 0 Å². The van der Waals surface area contributed by atoms with Crippen molar-refractivity contribution < 1.29 is 9.53 Å². The van der Waals surface area contributed by atoms with E-state index in [-0.39, 0.29) is 11.0 Å². The van der Waals surface area contributed by atoms with Crippen LogP contribution in [0.15, 0.2) is 0 Å². The Labute approximate surface area is 125 Å². The first-order valence-electron chi connectivity index (χ1n) is 7.98. The molecule has 0 spiro atoms. The van der Waals surface area contributed by atoms with Crippen LogP contribution in [0.1, 0.15) is 67.2 Å². The molecule has 118 valence electrons. The maximum absolute atomic E-state index is 12.2. The largest absolute Gasteiger partial charge is 0.376 e. The summed E-state index contributed by atoms with van der Waals surface area (Å²) in [6, 6.07) is 0. The van der Waals surface area contributed by atoms with Gasteiger partial charge in [0.2, 0.25) is 5.91 Å². The summed E-state index contributed by atoms with van der Waals surface area (Å²) < 4.78 is 5.85. The first-order chi connectivity index (χ1) is 9.07. The van der Waals surface area contributed by atoms with Crippen LogP contribution in [0.25, 0.3) is 0 Å². The van der Waals surface area contributed by atoms with E-state index in [9.17, 15) is 4.79 Å². The number of ether oxygens (including phenoxy) is 1. The van der Waals surface area contributed by atoms with Gasteiger partial charge in [-0.3, -0.25) is 4.79 Å². The second-order valence-electron chi connectivity index (χ2n) is 8.31. The summed E-state index contributed by atoms with van der Waals surface area (Å²) in [4.78, 5) is 14.2. The molecule has 0 aromatic carbocycles. The molecule has 3 heteroatoms. The van der Waals surface area contributed by atoms with E-state index in [1.54, 1.807) is 0 Å². The predicted molar refractivity (Wildman–Crippen MR) is 83.7 cm³/mol. The third-order valence-corrected chi connectivity index (χ3v) is 3.81. The molecule has 0 bridgehead atoms. The minimum absolute atomic E-state index is 0.0559. The molecule has 1 fully saturated rings. The SMILES string of the molecule is CC(C)(C)CCC(=O)N1CCC(COC(C)(C)C)CC1. The Balaban J connectivity index is 2.26. The molecule has 1 saturated heterocycles. The van der Waals surface area contributed by atoms with Crippen molar-refractivity contribution in [3.63, 3.8) is 0 Å². The molecule has 3 nitrogen and oxygen atoms in total. The van der Waals surface area contributed by atoms with Gasteiger partial charge in [0.1, 0.15) is 0 Å². The van der Waals surface area contributed by atoms with Crippen LogP contribution in [0, 0.1) is 11.3 Å². The van der Waals surface area contributed by atoms with Crippen LogP contribution >= 0.6 is 0 Å². The molecule has 0 N–H and O–H groups in total. The van der Waals surface area contributed by atoms with Crippen LogP contribution in [0.3, 0.4) is 0 Å². The van der Waals surface area contributed by atoms with Crippen LogP contribution < -0.4 is 0 Å². The highest BCUT2D eigenvalue weighted by molar-refractivity contribution is 5.76. The van der Waals surface area contributed by atoms with Crippen molar-refractivity contribution in [1.82, 2.24) is 4.90 Å². The monoisotopic (exact) mass is 283 g/mol. The summed E-state index contributed by atoms with van der Waals surface area (Å²) in [5, 5.41) is 0. The molecule has 0 aromatic heterocycles. The van der Waals surface area contributed by atoms with Gasteiger partial charge < -0.3 is 9.64 Å². The van der Waals surface area contributed by atoms with Crippen LogP contribution in [0.4, 0.5) is 0 Å². The molecule has 1 rings (SSSR count). The van der Waals surface area contributed by atoms with E-state index >= 15 is 0 Å². The Kier molecular flexibility index (Phi) is 6.06. The fourth-order valence-corrected chi connectivity index (χ4v) is 2.36. The van der Waals surface area contributed by atoms with Gasteiger partial charge >= 0.3 is 0 Å². The fourth-order valence-electron chi connectivity index (χ4n) is 2.36. The molecule has 0 aromatic rings. The number of piperidine rings is 1. The van der Waals surface area contributed by atoms with Crippen molar-refractivity contribution in [3.8, 4) is 0 Å². The van der Waals surface area contributed by atoms with E-state index in [2.05, 4.69) is 41.5 Å². The molecule has 1 amide bonds. The lowest BCUT2D eigenvalue weighted by Crippen LogP contribution is -2.40. The van der Waals surface area contributed by atoms with Crippen molar-refractivity contribution in [1.29, 1.82) is 0 Å². The third-order valence-electron chi connectivity index (χ3n) is 3.81. The van der Waals surface area contributed by atoms with Crippen molar-refractivity contribution in [2.45, 2.75) is 72.8 Å². The van der Waals surface area contributed by atoms with Gasteiger partial charge in [-0.05, 0) is 51.4 Å². The van der Waals surface area contributed by atoms with Gasteiger partial charge in [0.05, 0.1) is 12.2 Å². The van der Waals surface area contributed by atoms with Gasteiger partial charge in [0.25, 0.3) is 0 Å². The Morgan fingerprint density at radius 1 is 1.10 bits per heavy atom. The van der Waals surface area contributed by atoms with Gasteiger partial charge in [-0.25, -0.2) is 0 Å². The molecule has 0 aliphatic carbocycles. The first kappa shape index (κ1) is 17.5. The minimum atomic E-state index is -0.0559. The highest BCUT2D eigenvalue weighted by Crippen LogP contribution is 2.24. The van der Waals surface area contributed by atoms with Gasteiger partial charge in [-0.1, -0.05) is 20.8 Å². The molecular weight excluding hydrogens is 250 g/mol. The Bertz CT molecular complexity index is 304. The number of likely N-dealkylation sites (tertiary alicyclic amines) is 1. The average molecular weight is 283 g/mol. The number of hydrogen-bond donors (Lipinski definition) is 0. The molecule has 0 unspecified atom stereocenters. The number of nitrogens with zero attached hydrogens (tertiary/aromatic N) is 1. The van der Waals surface area contributed by atoms with E-state index in [0.29, 0.717) is 18.2 Å².